The second kappa shape index (κ2) is 13.6. The van der Waals surface area contributed by atoms with Crippen LogP contribution in [0.4, 0.5) is 34.1 Å². The van der Waals surface area contributed by atoms with Gasteiger partial charge in [-0.2, -0.15) is 0 Å². The van der Waals surface area contributed by atoms with Crippen molar-refractivity contribution in [1.29, 1.82) is 0 Å². The summed E-state index contributed by atoms with van der Waals surface area (Å²) in [5.41, 5.74) is 15.3. The number of hydrogen-bond acceptors (Lipinski definition) is 3. The number of aromatic nitrogens is 1. The molecule has 62 heavy (non-hydrogen) atoms. The average Bonchev–Trinajstić information content (AvgIpc) is 4.01. The second-order valence-corrected chi connectivity index (χ2v) is 18.0. The number of benzene rings is 8. The van der Waals surface area contributed by atoms with Gasteiger partial charge in [-0.1, -0.05) is 116 Å². The summed E-state index contributed by atoms with van der Waals surface area (Å²) in [5, 5.41) is 2.36. The molecule has 0 N–H and O–H groups in total. The predicted octanol–water partition coefficient (Wildman–Crippen LogP) is 12.9. The van der Waals surface area contributed by atoms with Gasteiger partial charge in [0.05, 0.1) is 11.0 Å². The van der Waals surface area contributed by atoms with Crippen LogP contribution in [0.1, 0.15) is 31.7 Å². The van der Waals surface area contributed by atoms with Crippen LogP contribution >= 0.6 is 0 Å². The van der Waals surface area contributed by atoms with Crippen LogP contribution in [0.2, 0.25) is 0 Å². The maximum Gasteiger partial charge on any atom is 0.256 e. The first-order valence-corrected chi connectivity index (χ1v) is 22.2. The molecule has 0 bridgehead atoms. The van der Waals surface area contributed by atoms with Crippen LogP contribution in [0.15, 0.2) is 200 Å². The van der Waals surface area contributed by atoms with E-state index in [4.69, 9.17) is 4.74 Å². The Labute approximate surface area is 363 Å². The molecule has 296 valence electrons. The van der Waals surface area contributed by atoms with Crippen molar-refractivity contribution in [2.75, 3.05) is 9.80 Å². The van der Waals surface area contributed by atoms with Crippen molar-refractivity contribution in [3.8, 4) is 17.2 Å². The third kappa shape index (κ3) is 5.47. The van der Waals surface area contributed by atoms with Gasteiger partial charge in [-0.3, -0.25) is 0 Å². The van der Waals surface area contributed by atoms with E-state index in [1.165, 1.54) is 63.4 Å². The average molecular weight is 798 g/mol. The van der Waals surface area contributed by atoms with E-state index in [1.54, 1.807) is 0 Å². The van der Waals surface area contributed by atoms with Crippen molar-refractivity contribution >= 4 is 79.0 Å². The van der Waals surface area contributed by atoms with E-state index in [2.05, 4.69) is 222 Å². The standard InChI is InChI=1S/C57H44BN3O/c1-57(30-16-17-38-31-39(38)37-57)40-32-53-56-55(33-40)62-54-35-47-46-29-28-45(59(41-18-6-2-7-19-41)42-20-8-3-9-21-42)34-51(46)61(44-24-12-5-13-25-44)52(47)36-49(54)58(56)48-26-14-15-27-50(48)60(53)43-22-10-4-11-23-43/h2-16,18-30,32-36,38-39H,17,31,37H2,1H3. The predicted molar refractivity (Wildman–Crippen MR) is 259 cm³/mol. The number of nitrogens with zero attached hydrogens (tertiary/aromatic N) is 3. The maximum atomic E-state index is 7.35. The Morgan fingerprint density at radius 2 is 1.23 bits per heavy atom. The highest BCUT2D eigenvalue weighted by molar-refractivity contribution is 6.99. The summed E-state index contributed by atoms with van der Waals surface area (Å²) < 4.78 is 9.81. The summed E-state index contributed by atoms with van der Waals surface area (Å²) in [6, 6.07) is 68.7. The molecule has 1 fully saturated rings. The zero-order valence-electron chi connectivity index (χ0n) is 34.7. The summed E-state index contributed by atoms with van der Waals surface area (Å²) >= 11 is 0. The minimum absolute atomic E-state index is 0.0203. The molecule has 4 nitrogen and oxygen atoms in total. The zero-order chi connectivity index (χ0) is 40.9. The summed E-state index contributed by atoms with van der Waals surface area (Å²) in [6.07, 6.45) is 8.66. The lowest BCUT2D eigenvalue weighted by atomic mass is 9.34. The number of ether oxygens (including phenoxy) is 1. The van der Waals surface area contributed by atoms with Crippen molar-refractivity contribution in [3.63, 3.8) is 0 Å². The highest BCUT2D eigenvalue weighted by Gasteiger charge is 2.46. The molecule has 1 aromatic heterocycles. The number of para-hydroxylation sites is 5. The highest BCUT2D eigenvalue weighted by atomic mass is 16.5. The Morgan fingerprint density at radius 3 is 1.97 bits per heavy atom. The van der Waals surface area contributed by atoms with E-state index in [9.17, 15) is 0 Å². The Bertz CT molecular complexity index is 3200. The van der Waals surface area contributed by atoms with Crippen LogP contribution in [-0.4, -0.2) is 11.3 Å². The Balaban J connectivity index is 1.06. The third-order valence-corrected chi connectivity index (χ3v) is 14.2. The van der Waals surface area contributed by atoms with Gasteiger partial charge in [-0.25, -0.2) is 0 Å². The lowest BCUT2D eigenvalue weighted by molar-refractivity contribution is 0.472. The Hall–Kier alpha value is -7.24. The molecule has 2 aliphatic carbocycles. The van der Waals surface area contributed by atoms with Gasteiger partial charge in [-0.15, -0.1) is 0 Å². The highest BCUT2D eigenvalue weighted by Crippen LogP contribution is 2.53. The molecule has 3 heterocycles. The van der Waals surface area contributed by atoms with Crippen LogP contribution in [0, 0.1) is 11.8 Å². The molecule has 2 aliphatic heterocycles. The van der Waals surface area contributed by atoms with E-state index in [0.29, 0.717) is 0 Å². The summed E-state index contributed by atoms with van der Waals surface area (Å²) in [4.78, 5) is 4.83. The van der Waals surface area contributed by atoms with Crippen LogP contribution < -0.4 is 30.9 Å². The van der Waals surface area contributed by atoms with Gasteiger partial charge in [0.15, 0.2) is 0 Å². The normalized spacial score (nSPS) is 19.2. The lowest BCUT2D eigenvalue weighted by Gasteiger charge is -2.41. The van der Waals surface area contributed by atoms with Gasteiger partial charge in [0.1, 0.15) is 11.5 Å². The van der Waals surface area contributed by atoms with E-state index >= 15 is 0 Å². The minimum atomic E-state index is -0.0853. The number of rotatable bonds is 6. The maximum absolute atomic E-state index is 7.35. The van der Waals surface area contributed by atoms with Crippen LogP contribution in [-0.2, 0) is 5.41 Å². The molecule has 3 unspecified atom stereocenters. The first-order valence-electron chi connectivity index (χ1n) is 22.2. The smallest absolute Gasteiger partial charge is 0.256 e. The van der Waals surface area contributed by atoms with Crippen LogP contribution in [0.3, 0.4) is 0 Å². The molecule has 0 spiro atoms. The molecular weight excluding hydrogens is 753 g/mol. The van der Waals surface area contributed by atoms with Gasteiger partial charge >= 0.3 is 0 Å². The fraction of sp³-hybridized carbons (Fsp3) is 0.123. The van der Waals surface area contributed by atoms with Gasteiger partial charge in [-0.05, 0) is 144 Å². The molecule has 3 atom stereocenters. The number of allylic oxidation sites excluding steroid dienone is 2. The Kier molecular flexibility index (Phi) is 7.81. The molecular formula is C57H44BN3O. The molecule has 1 saturated carbocycles. The topological polar surface area (TPSA) is 20.6 Å². The molecule has 4 aliphatic rings. The third-order valence-electron chi connectivity index (χ3n) is 14.2. The van der Waals surface area contributed by atoms with Gasteiger partial charge in [0.2, 0.25) is 0 Å². The van der Waals surface area contributed by atoms with Gasteiger partial charge in [0, 0.05) is 56.0 Å². The number of fused-ring (bicyclic) bond motifs is 8. The van der Waals surface area contributed by atoms with Crippen molar-refractivity contribution in [2.24, 2.45) is 11.8 Å². The summed E-state index contributed by atoms with van der Waals surface area (Å²) in [6.45, 7) is 2.43. The zero-order valence-corrected chi connectivity index (χ0v) is 34.7. The van der Waals surface area contributed by atoms with E-state index < -0.39 is 0 Å². The Morgan fingerprint density at radius 1 is 0.565 bits per heavy atom. The van der Waals surface area contributed by atoms with Crippen LogP contribution in [0.25, 0.3) is 27.5 Å². The first-order chi connectivity index (χ1) is 30.6. The van der Waals surface area contributed by atoms with Gasteiger partial charge in [0.25, 0.3) is 6.71 Å². The summed E-state index contributed by atoms with van der Waals surface area (Å²) in [5.74, 6) is 3.51. The van der Waals surface area contributed by atoms with E-state index in [-0.39, 0.29) is 12.1 Å². The minimum Gasteiger partial charge on any atom is -0.458 e. The fourth-order valence-electron chi connectivity index (χ4n) is 11.2. The molecule has 13 rings (SSSR count). The van der Waals surface area contributed by atoms with Crippen molar-refractivity contribution in [1.82, 2.24) is 4.57 Å². The van der Waals surface area contributed by atoms with E-state index in [1.807, 2.05) is 0 Å². The molecule has 8 aromatic carbocycles. The lowest BCUT2D eigenvalue weighted by Crippen LogP contribution is -2.59. The molecule has 0 radical (unpaired) electrons. The number of anilines is 6. The van der Waals surface area contributed by atoms with Crippen molar-refractivity contribution < 1.29 is 4.74 Å². The van der Waals surface area contributed by atoms with Crippen molar-refractivity contribution in [2.45, 2.75) is 31.6 Å². The van der Waals surface area contributed by atoms with Crippen LogP contribution in [0.5, 0.6) is 11.5 Å². The molecule has 9 aromatic rings. The molecule has 0 saturated heterocycles. The van der Waals surface area contributed by atoms with Crippen molar-refractivity contribution in [3.05, 3.63) is 206 Å². The molecule has 0 amide bonds. The largest absolute Gasteiger partial charge is 0.458 e. The van der Waals surface area contributed by atoms with Gasteiger partial charge < -0.3 is 19.1 Å². The monoisotopic (exact) mass is 797 g/mol. The quantitative estimate of drug-likeness (QED) is 0.123. The summed E-state index contributed by atoms with van der Waals surface area (Å²) in [7, 11) is 0. The fourth-order valence-corrected chi connectivity index (χ4v) is 11.2. The second-order valence-electron chi connectivity index (χ2n) is 18.0. The number of hydrogen-bond donors (Lipinski definition) is 0. The van der Waals surface area contributed by atoms with E-state index in [0.717, 1.165) is 62.8 Å². The SMILES string of the molecule is CC1(c2cc3c4c(c2)N(c2ccccc2)c2ccccc2B4c2cc4c(cc2O3)c2ccc(N(c3ccccc3)c3ccccc3)cc2n4-c2ccccc2)C=CCC2CC2C1. The first kappa shape index (κ1) is 35.5. The molecule has 5 heteroatoms.